The van der Waals surface area contributed by atoms with Crippen LogP contribution >= 0.6 is 11.3 Å². The van der Waals surface area contributed by atoms with Gasteiger partial charge in [-0.2, -0.15) is 5.26 Å². The smallest absolute Gasteiger partial charge is 0.271 e. The van der Waals surface area contributed by atoms with Crippen molar-refractivity contribution in [2.75, 3.05) is 5.32 Å². The summed E-state index contributed by atoms with van der Waals surface area (Å²) in [4.78, 5) is 27.1. The molecule has 0 aliphatic rings. The Morgan fingerprint density at radius 3 is 2.59 bits per heavy atom. The van der Waals surface area contributed by atoms with E-state index in [0.29, 0.717) is 10.7 Å². The van der Waals surface area contributed by atoms with Gasteiger partial charge in [-0.1, -0.05) is 12.1 Å². The zero-order valence-electron chi connectivity index (χ0n) is 12.1. The molecule has 0 bridgehead atoms. The fourth-order valence-corrected chi connectivity index (χ4v) is 2.52. The third-order valence-corrected chi connectivity index (χ3v) is 3.66. The molecule has 0 radical (unpaired) electrons. The number of anilines is 1. The summed E-state index contributed by atoms with van der Waals surface area (Å²) in [6.45, 7) is 3.23. The molecule has 2 amide bonds. The van der Waals surface area contributed by atoms with Crippen LogP contribution in [0.15, 0.2) is 29.6 Å². The summed E-state index contributed by atoms with van der Waals surface area (Å²) in [6, 6.07) is 8.84. The summed E-state index contributed by atoms with van der Waals surface area (Å²) < 4.78 is 0. The Hall–Kier alpha value is -2.72. The summed E-state index contributed by atoms with van der Waals surface area (Å²) in [7, 11) is 0. The lowest BCUT2D eigenvalue weighted by Crippen LogP contribution is -2.27. The Morgan fingerprint density at radius 2 is 2.00 bits per heavy atom. The van der Waals surface area contributed by atoms with E-state index in [4.69, 9.17) is 5.26 Å². The maximum atomic E-state index is 12.1. The highest BCUT2D eigenvalue weighted by molar-refractivity contribution is 7.14. The van der Waals surface area contributed by atoms with E-state index >= 15 is 0 Å². The van der Waals surface area contributed by atoms with E-state index in [1.807, 2.05) is 13.0 Å². The van der Waals surface area contributed by atoms with Crippen molar-refractivity contribution in [3.63, 3.8) is 0 Å². The zero-order valence-corrected chi connectivity index (χ0v) is 12.9. The first kappa shape index (κ1) is 15.7. The summed E-state index contributed by atoms with van der Waals surface area (Å²) in [5, 5.41) is 16.1. The zero-order chi connectivity index (χ0) is 16.1. The molecular weight excluding hydrogens is 300 g/mol. The number of nitrogens with one attached hydrogen (secondary N) is 2. The van der Waals surface area contributed by atoms with E-state index in [1.54, 1.807) is 29.6 Å². The van der Waals surface area contributed by atoms with Crippen molar-refractivity contribution in [1.82, 2.24) is 10.3 Å². The second-order valence-corrected chi connectivity index (χ2v) is 5.51. The number of amides is 2. The molecule has 1 unspecified atom stereocenters. The van der Waals surface area contributed by atoms with Crippen LogP contribution in [0.25, 0.3) is 0 Å². The van der Waals surface area contributed by atoms with Crippen LogP contribution in [0.2, 0.25) is 0 Å². The number of hydrogen-bond acceptors (Lipinski definition) is 5. The Kier molecular flexibility index (Phi) is 4.86. The predicted octanol–water partition coefficient (Wildman–Crippen LogP) is 2.46. The first-order valence-corrected chi connectivity index (χ1v) is 7.41. The van der Waals surface area contributed by atoms with Gasteiger partial charge in [0.25, 0.3) is 5.91 Å². The third-order valence-electron chi connectivity index (χ3n) is 2.91. The van der Waals surface area contributed by atoms with Gasteiger partial charge in [-0.25, -0.2) is 4.98 Å². The average molecular weight is 314 g/mol. The molecule has 1 heterocycles. The molecule has 22 heavy (non-hydrogen) atoms. The second-order valence-electron chi connectivity index (χ2n) is 4.65. The van der Waals surface area contributed by atoms with E-state index in [1.165, 1.54) is 18.3 Å². The quantitative estimate of drug-likeness (QED) is 0.906. The molecule has 1 aromatic heterocycles. The van der Waals surface area contributed by atoms with Gasteiger partial charge in [-0.3, -0.25) is 9.59 Å². The predicted molar refractivity (Wildman–Crippen MR) is 83.5 cm³/mol. The van der Waals surface area contributed by atoms with Crippen molar-refractivity contribution in [3.05, 3.63) is 46.5 Å². The van der Waals surface area contributed by atoms with Crippen molar-refractivity contribution in [2.24, 2.45) is 0 Å². The topological polar surface area (TPSA) is 94.9 Å². The minimum atomic E-state index is -0.315. The van der Waals surface area contributed by atoms with Gasteiger partial charge in [0.15, 0.2) is 5.13 Å². The van der Waals surface area contributed by atoms with Crippen LogP contribution in [-0.4, -0.2) is 16.8 Å². The molecule has 7 heteroatoms. The Labute approximate surface area is 131 Å². The fraction of sp³-hybridized carbons (Fsp3) is 0.200. The molecule has 2 aromatic rings. The highest BCUT2D eigenvalue weighted by atomic mass is 32.1. The third kappa shape index (κ3) is 3.90. The van der Waals surface area contributed by atoms with Crippen molar-refractivity contribution in [1.29, 1.82) is 5.26 Å². The SMILES string of the molecule is CC(=O)Nc1nc(C(=O)NC(C)c2ccc(C#N)cc2)cs1. The van der Waals surface area contributed by atoms with E-state index in [2.05, 4.69) is 15.6 Å². The molecule has 1 aromatic carbocycles. The minimum absolute atomic E-state index is 0.217. The largest absolute Gasteiger partial charge is 0.344 e. The van der Waals surface area contributed by atoms with Crippen molar-refractivity contribution in [3.8, 4) is 6.07 Å². The number of carbonyl (C=O) groups is 2. The standard InChI is InChI=1S/C15H14N4O2S/c1-9(12-5-3-11(7-16)4-6-12)17-14(21)13-8-22-15(19-13)18-10(2)20/h3-6,8-9H,1-2H3,(H,17,21)(H,18,19,20). The number of hydrogen-bond donors (Lipinski definition) is 2. The molecule has 0 aliphatic heterocycles. The van der Waals surface area contributed by atoms with Crippen molar-refractivity contribution in [2.45, 2.75) is 19.9 Å². The fourth-order valence-electron chi connectivity index (χ4n) is 1.79. The molecule has 0 spiro atoms. The van der Waals surface area contributed by atoms with Crippen LogP contribution in [0.5, 0.6) is 0 Å². The number of nitriles is 1. The van der Waals surface area contributed by atoms with E-state index in [-0.39, 0.29) is 23.6 Å². The summed E-state index contributed by atoms with van der Waals surface area (Å²) in [5.74, 6) is -0.544. The van der Waals surface area contributed by atoms with E-state index in [0.717, 1.165) is 5.56 Å². The molecule has 6 nitrogen and oxygen atoms in total. The second kappa shape index (κ2) is 6.83. The molecular formula is C15H14N4O2S. The lowest BCUT2D eigenvalue weighted by Gasteiger charge is -2.13. The first-order valence-electron chi connectivity index (χ1n) is 6.53. The van der Waals surface area contributed by atoms with Crippen LogP contribution in [0.4, 0.5) is 5.13 Å². The summed E-state index contributed by atoms with van der Waals surface area (Å²) in [6.07, 6.45) is 0. The normalized spacial score (nSPS) is 11.3. The van der Waals surface area contributed by atoms with Gasteiger partial charge < -0.3 is 10.6 Å². The molecule has 0 fully saturated rings. The lowest BCUT2D eigenvalue weighted by molar-refractivity contribution is -0.114. The van der Waals surface area contributed by atoms with Crippen molar-refractivity contribution >= 4 is 28.3 Å². The maximum Gasteiger partial charge on any atom is 0.271 e. The van der Waals surface area contributed by atoms with Gasteiger partial charge in [0.05, 0.1) is 17.7 Å². The van der Waals surface area contributed by atoms with Gasteiger partial charge in [0.2, 0.25) is 5.91 Å². The average Bonchev–Trinajstić information content (AvgIpc) is 2.95. The number of rotatable bonds is 4. The monoisotopic (exact) mass is 314 g/mol. The molecule has 112 valence electrons. The summed E-state index contributed by atoms with van der Waals surface area (Å²) in [5.41, 5.74) is 1.72. The molecule has 2 N–H and O–H groups in total. The molecule has 0 saturated carbocycles. The van der Waals surface area contributed by atoms with Gasteiger partial charge in [-0.15, -0.1) is 11.3 Å². The number of benzene rings is 1. The highest BCUT2D eigenvalue weighted by Gasteiger charge is 2.15. The Bertz CT molecular complexity index is 731. The molecule has 0 aliphatic carbocycles. The molecule has 0 saturated heterocycles. The highest BCUT2D eigenvalue weighted by Crippen LogP contribution is 2.17. The van der Waals surface area contributed by atoms with Gasteiger partial charge in [-0.05, 0) is 24.6 Å². The van der Waals surface area contributed by atoms with E-state index in [9.17, 15) is 9.59 Å². The maximum absolute atomic E-state index is 12.1. The summed E-state index contributed by atoms with van der Waals surface area (Å²) >= 11 is 1.19. The van der Waals surface area contributed by atoms with Crippen LogP contribution < -0.4 is 10.6 Å². The number of carbonyl (C=O) groups excluding carboxylic acids is 2. The van der Waals surface area contributed by atoms with Gasteiger partial charge in [0.1, 0.15) is 5.69 Å². The van der Waals surface area contributed by atoms with Crippen LogP contribution in [0.1, 0.15) is 41.5 Å². The first-order chi connectivity index (χ1) is 10.5. The molecule has 1 atom stereocenters. The van der Waals surface area contributed by atoms with Crippen LogP contribution in [0.3, 0.4) is 0 Å². The number of thiazole rings is 1. The van der Waals surface area contributed by atoms with Gasteiger partial charge in [0, 0.05) is 12.3 Å². The Morgan fingerprint density at radius 1 is 1.32 bits per heavy atom. The molecule has 2 rings (SSSR count). The van der Waals surface area contributed by atoms with Crippen molar-refractivity contribution < 1.29 is 9.59 Å². The van der Waals surface area contributed by atoms with Gasteiger partial charge >= 0.3 is 0 Å². The Balaban J connectivity index is 2.02. The van der Waals surface area contributed by atoms with Crippen LogP contribution in [-0.2, 0) is 4.79 Å². The lowest BCUT2D eigenvalue weighted by atomic mass is 10.1. The van der Waals surface area contributed by atoms with Crippen LogP contribution in [0, 0.1) is 11.3 Å². The minimum Gasteiger partial charge on any atom is -0.344 e. The number of nitrogens with zero attached hydrogens (tertiary/aromatic N) is 2. The van der Waals surface area contributed by atoms with E-state index < -0.39 is 0 Å². The number of aromatic nitrogens is 1.